The Balaban J connectivity index is 2.34. The molecule has 2 N–H and O–H groups in total. The maximum Gasteiger partial charge on any atom is 0.418 e. The van der Waals surface area contributed by atoms with Gasteiger partial charge in [0.2, 0.25) is 0 Å². The highest BCUT2D eigenvalue weighted by Crippen LogP contribution is 2.35. The molecular weight excluding hydrogens is 267 g/mol. The van der Waals surface area contributed by atoms with Crippen LogP contribution in [0.1, 0.15) is 16.7 Å². The molecule has 0 atom stereocenters. The van der Waals surface area contributed by atoms with E-state index < -0.39 is 11.7 Å². The van der Waals surface area contributed by atoms with E-state index in [0.29, 0.717) is 17.7 Å². The van der Waals surface area contributed by atoms with Crippen molar-refractivity contribution in [1.29, 1.82) is 0 Å². The lowest BCUT2D eigenvalue weighted by Crippen LogP contribution is -2.10. The summed E-state index contributed by atoms with van der Waals surface area (Å²) in [6.45, 7) is 0. The number of para-hydroxylation sites is 1. The van der Waals surface area contributed by atoms with Gasteiger partial charge in [-0.3, -0.25) is 0 Å². The first-order valence-electron chi connectivity index (χ1n) is 5.99. The zero-order valence-electron chi connectivity index (χ0n) is 10.9. The van der Waals surface area contributed by atoms with E-state index in [1.54, 1.807) is 24.3 Å². The summed E-state index contributed by atoms with van der Waals surface area (Å²) in [6.07, 6.45) is -4.11. The van der Waals surface area contributed by atoms with Gasteiger partial charge in [0.25, 0.3) is 0 Å². The van der Waals surface area contributed by atoms with Crippen LogP contribution in [0, 0.1) is 0 Å². The molecule has 0 unspecified atom stereocenters. The largest absolute Gasteiger partial charge is 0.497 e. The van der Waals surface area contributed by atoms with E-state index >= 15 is 0 Å². The molecule has 2 nitrogen and oxygen atoms in total. The van der Waals surface area contributed by atoms with Gasteiger partial charge in [-0.15, -0.1) is 0 Å². The minimum Gasteiger partial charge on any atom is -0.497 e. The molecule has 0 amide bonds. The minimum atomic E-state index is -4.44. The molecule has 0 radical (unpaired) electrons. The van der Waals surface area contributed by atoms with Crippen LogP contribution in [0.4, 0.5) is 18.9 Å². The first-order chi connectivity index (χ1) is 9.41. The molecule has 5 heteroatoms. The zero-order chi connectivity index (χ0) is 14.8. The molecule has 0 heterocycles. The third kappa shape index (κ3) is 3.04. The lowest BCUT2D eigenvalue weighted by Gasteiger charge is -2.13. The van der Waals surface area contributed by atoms with Crippen molar-refractivity contribution < 1.29 is 17.9 Å². The lowest BCUT2D eigenvalue weighted by molar-refractivity contribution is -0.136. The van der Waals surface area contributed by atoms with E-state index in [4.69, 9.17) is 10.5 Å². The monoisotopic (exact) mass is 281 g/mol. The second kappa shape index (κ2) is 5.45. The topological polar surface area (TPSA) is 35.2 Å². The van der Waals surface area contributed by atoms with Crippen LogP contribution in [0.25, 0.3) is 0 Å². The molecular formula is C15H14F3NO. The molecule has 2 rings (SSSR count). The van der Waals surface area contributed by atoms with Crippen molar-refractivity contribution in [1.82, 2.24) is 0 Å². The van der Waals surface area contributed by atoms with Gasteiger partial charge >= 0.3 is 6.18 Å². The van der Waals surface area contributed by atoms with Crippen molar-refractivity contribution in [3.63, 3.8) is 0 Å². The number of hydrogen-bond donors (Lipinski definition) is 1. The second-order valence-electron chi connectivity index (χ2n) is 4.40. The van der Waals surface area contributed by atoms with Gasteiger partial charge < -0.3 is 10.5 Å². The predicted molar refractivity (Wildman–Crippen MR) is 71.7 cm³/mol. The van der Waals surface area contributed by atoms with Crippen molar-refractivity contribution in [2.75, 3.05) is 12.8 Å². The summed E-state index contributed by atoms with van der Waals surface area (Å²) in [5.41, 5.74) is 5.92. The fourth-order valence-corrected chi connectivity index (χ4v) is 2.02. The summed E-state index contributed by atoms with van der Waals surface area (Å²) in [6, 6.07) is 11.1. The molecule has 0 fully saturated rings. The van der Waals surface area contributed by atoms with E-state index in [0.717, 1.165) is 11.6 Å². The summed E-state index contributed by atoms with van der Waals surface area (Å²) >= 11 is 0. The molecule has 0 bridgehead atoms. The van der Waals surface area contributed by atoms with Crippen molar-refractivity contribution in [3.05, 3.63) is 59.2 Å². The molecule has 2 aromatic rings. The number of methoxy groups -OCH3 is 1. The van der Waals surface area contributed by atoms with E-state index in [9.17, 15) is 13.2 Å². The Bertz CT molecular complexity index is 608. The first kappa shape index (κ1) is 14.2. The summed E-state index contributed by atoms with van der Waals surface area (Å²) in [4.78, 5) is 0. The van der Waals surface area contributed by atoms with Crippen LogP contribution in [0.3, 0.4) is 0 Å². The Morgan fingerprint density at radius 1 is 1.10 bits per heavy atom. The molecule has 0 saturated carbocycles. The van der Waals surface area contributed by atoms with Crippen molar-refractivity contribution in [2.24, 2.45) is 0 Å². The number of anilines is 1. The van der Waals surface area contributed by atoms with E-state index in [2.05, 4.69) is 0 Å². The van der Waals surface area contributed by atoms with Crippen LogP contribution in [0.15, 0.2) is 42.5 Å². The number of nitrogens with two attached hydrogens (primary N) is 1. The first-order valence-corrected chi connectivity index (χ1v) is 5.99. The maximum absolute atomic E-state index is 12.8. The number of nitrogen functional groups attached to an aromatic ring is 1. The van der Waals surface area contributed by atoms with Gasteiger partial charge in [-0.25, -0.2) is 0 Å². The van der Waals surface area contributed by atoms with E-state index in [-0.39, 0.29) is 5.69 Å². The van der Waals surface area contributed by atoms with Crippen molar-refractivity contribution >= 4 is 5.69 Å². The smallest absolute Gasteiger partial charge is 0.418 e. The second-order valence-corrected chi connectivity index (χ2v) is 4.40. The lowest BCUT2D eigenvalue weighted by atomic mass is 10.00. The quantitative estimate of drug-likeness (QED) is 0.866. The Kier molecular flexibility index (Phi) is 3.88. The SMILES string of the molecule is COc1cccc(Cc2cccc(C(F)(F)F)c2N)c1. The summed E-state index contributed by atoms with van der Waals surface area (Å²) in [5.74, 6) is 0.660. The molecule has 0 aliphatic rings. The van der Waals surface area contributed by atoms with Crippen LogP contribution >= 0.6 is 0 Å². The average molecular weight is 281 g/mol. The molecule has 0 aromatic heterocycles. The highest BCUT2D eigenvalue weighted by molar-refractivity contribution is 5.56. The van der Waals surface area contributed by atoms with Crippen molar-refractivity contribution in [3.8, 4) is 5.75 Å². The molecule has 0 aliphatic heterocycles. The van der Waals surface area contributed by atoms with Gasteiger partial charge in [0, 0.05) is 5.69 Å². The maximum atomic E-state index is 12.8. The minimum absolute atomic E-state index is 0.220. The Morgan fingerprint density at radius 3 is 2.45 bits per heavy atom. The fraction of sp³-hybridized carbons (Fsp3) is 0.200. The van der Waals surface area contributed by atoms with E-state index in [1.165, 1.54) is 13.2 Å². The van der Waals surface area contributed by atoms with Gasteiger partial charge in [0.15, 0.2) is 0 Å². The van der Waals surface area contributed by atoms with Crippen LogP contribution in [0.2, 0.25) is 0 Å². The van der Waals surface area contributed by atoms with Crippen LogP contribution in [0.5, 0.6) is 5.75 Å². The molecule has 0 saturated heterocycles. The van der Waals surface area contributed by atoms with Crippen LogP contribution < -0.4 is 10.5 Å². The normalized spacial score (nSPS) is 11.4. The van der Waals surface area contributed by atoms with Gasteiger partial charge in [-0.1, -0.05) is 24.3 Å². The van der Waals surface area contributed by atoms with Gasteiger partial charge in [-0.2, -0.15) is 13.2 Å². The van der Waals surface area contributed by atoms with Crippen LogP contribution in [-0.2, 0) is 12.6 Å². The molecule has 0 spiro atoms. The number of halogens is 3. The molecule has 106 valence electrons. The predicted octanol–water partition coefficient (Wildman–Crippen LogP) is 3.89. The molecule has 20 heavy (non-hydrogen) atoms. The third-order valence-corrected chi connectivity index (χ3v) is 3.03. The number of benzene rings is 2. The Labute approximate surface area is 115 Å². The Hall–Kier alpha value is -2.17. The fourth-order valence-electron chi connectivity index (χ4n) is 2.02. The number of alkyl halides is 3. The zero-order valence-corrected chi connectivity index (χ0v) is 10.9. The molecule has 2 aromatic carbocycles. The average Bonchev–Trinajstić information content (AvgIpc) is 2.40. The highest BCUT2D eigenvalue weighted by Gasteiger charge is 2.33. The summed E-state index contributed by atoms with van der Waals surface area (Å²) < 4.78 is 43.4. The van der Waals surface area contributed by atoms with Gasteiger partial charge in [-0.05, 0) is 35.7 Å². The Morgan fingerprint density at radius 2 is 1.80 bits per heavy atom. The van der Waals surface area contributed by atoms with E-state index in [1.807, 2.05) is 6.07 Å². The highest BCUT2D eigenvalue weighted by atomic mass is 19.4. The molecule has 0 aliphatic carbocycles. The summed E-state index contributed by atoms with van der Waals surface area (Å²) in [7, 11) is 1.54. The number of rotatable bonds is 3. The number of hydrogen-bond acceptors (Lipinski definition) is 2. The summed E-state index contributed by atoms with van der Waals surface area (Å²) in [5, 5.41) is 0. The van der Waals surface area contributed by atoms with Gasteiger partial charge in [0.05, 0.1) is 12.7 Å². The van der Waals surface area contributed by atoms with Gasteiger partial charge in [0.1, 0.15) is 5.75 Å². The van der Waals surface area contributed by atoms with Crippen molar-refractivity contribution in [2.45, 2.75) is 12.6 Å². The third-order valence-electron chi connectivity index (χ3n) is 3.03. The standard InChI is InChI=1S/C15H14F3NO/c1-20-12-6-2-4-10(9-12)8-11-5-3-7-13(14(11)19)15(16,17)18/h2-7,9H,8,19H2,1H3. The van der Waals surface area contributed by atoms with Crippen LogP contribution in [-0.4, -0.2) is 7.11 Å². The number of ether oxygens (including phenoxy) is 1.